The van der Waals surface area contributed by atoms with Crippen LogP contribution in [0.1, 0.15) is 19.5 Å². The number of nitrogens with zero attached hydrogens (tertiary/aromatic N) is 2. The van der Waals surface area contributed by atoms with Gasteiger partial charge in [0.25, 0.3) is 0 Å². The Morgan fingerprint density at radius 2 is 2.27 bits per heavy atom. The van der Waals surface area contributed by atoms with Gasteiger partial charge in [-0.3, -0.25) is 9.78 Å². The smallest absolute Gasteiger partial charge is 0.230 e. The Morgan fingerprint density at radius 1 is 1.45 bits per heavy atom. The number of amides is 1. The van der Waals surface area contributed by atoms with E-state index in [-0.39, 0.29) is 11.9 Å². The summed E-state index contributed by atoms with van der Waals surface area (Å²) in [4.78, 5) is 18.7. The van der Waals surface area contributed by atoms with Crippen molar-refractivity contribution >= 4 is 17.7 Å². The molecule has 0 radical (unpaired) electrons. The summed E-state index contributed by atoms with van der Waals surface area (Å²) in [6.45, 7) is 7.53. The molecule has 5 heteroatoms. The first-order chi connectivity index (χ1) is 10.6. The summed E-state index contributed by atoms with van der Waals surface area (Å²) in [5.74, 6) is 1.83. The van der Waals surface area contributed by atoms with Crippen molar-refractivity contribution in [1.82, 2.24) is 15.2 Å². The van der Waals surface area contributed by atoms with E-state index in [9.17, 15) is 4.79 Å². The lowest BCUT2D eigenvalue weighted by Gasteiger charge is -2.22. The Morgan fingerprint density at radius 3 is 2.91 bits per heavy atom. The molecule has 1 aliphatic rings. The second-order valence-electron chi connectivity index (χ2n) is 6.35. The van der Waals surface area contributed by atoms with Crippen molar-refractivity contribution in [2.24, 2.45) is 11.8 Å². The highest BCUT2D eigenvalue weighted by molar-refractivity contribution is 7.99. The lowest BCUT2D eigenvalue weighted by molar-refractivity contribution is -0.119. The molecule has 0 spiro atoms. The SMILES string of the molecule is CSCC(=O)N[C@@H]1CN(CCc2ccccn2)C[C@H]1C(C)C. The van der Waals surface area contributed by atoms with Crippen LogP contribution < -0.4 is 5.32 Å². The van der Waals surface area contributed by atoms with Crippen LogP contribution in [0.25, 0.3) is 0 Å². The van der Waals surface area contributed by atoms with Gasteiger partial charge < -0.3 is 10.2 Å². The number of pyridine rings is 1. The van der Waals surface area contributed by atoms with E-state index in [2.05, 4.69) is 35.1 Å². The normalized spacial score (nSPS) is 22.2. The molecule has 4 nitrogen and oxygen atoms in total. The van der Waals surface area contributed by atoms with Gasteiger partial charge in [0.15, 0.2) is 0 Å². The summed E-state index contributed by atoms with van der Waals surface area (Å²) in [5, 5.41) is 3.22. The highest BCUT2D eigenvalue weighted by Crippen LogP contribution is 2.24. The van der Waals surface area contributed by atoms with Crippen LogP contribution in [-0.4, -0.2) is 53.5 Å². The maximum atomic E-state index is 11.9. The molecule has 2 atom stereocenters. The van der Waals surface area contributed by atoms with Gasteiger partial charge in [0.05, 0.1) is 5.75 Å². The van der Waals surface area contributed by atoms with Gasteiger partial charge in [0.2, 0.25) is 5.91 Å². The van der Waals surface area contributed by atoms with Crippen molar-refractivity contribution in [1.29, 1.82) is 0 Å². The Bertz CT molecular complexity index is 466. The van der Waals surface area contributed by atoms with Crippen LogP contribution in [0.3, 0.4) is 0 Å². The van der Waals surface area contributed by atoms with Crippen LogP contribution in [0.5, 0.6) is 0 Å². The molecular formula is C17H27N3OS. The number of carbonyl (C=O) groups is 1. The summed E-state index contributed by atoms with van der Waals surface area (Å²) in [6.07, 6.45) is 4.78. The molecule has 1 saturated heterocycles. The highest BCUT2D eigenvalue weighted by Gasteiger charge is 2.35. The molecule has 0 unspecified atom stereocenters. The van der Waals surface area contributed by atoms with Crippen molar-refractivity contribution in [2.45, 2.75) is 26.3 Å². The van der Waals surface area contributed by atoms with Crippen molar-refractivity contribution < 1.29 is 4.79 Å². The second kappa shape index (κ2) is 8.53. The predicted octanol–water partition coefficient (Wildman–Crippen LogP) is 2.06. The predicted molar refractivity (Wildman–Crippen MR) is 93.0 cm³/mol. The van der Waals surface area contributed by atoms with E-state index in [0.29, 0.717) is 17.6 Å². The van der Waals surface area contributed by atoms with E-state index in [4.69, 9.17) is 0 Å². The van der Waals surface area contributed by atoms with Gasteiger partial charge in [-0.05, 0) is 30.2 Å². The van der Waals surface area contributed by atoms with Crippen LogP contribution in [0.2, 0.25) is 0 Å². The Labute approximate surface area is 138 Å². The van der Waals surface area contributed by atoms with Gasteiger partial charge in [0, 0.05) is 44.0 Å². The third kappa shape index (κ3) is 4.99. The van der Waals surface area contributed by atoms with Gasteiger partial charge in [-0.25, -0.2) is 0 Å². The molecule has 1 fully saturated rings. The van der Waals surface area contributed by atoms with Crippen LogP contribution >= 0.6 is 11.8 Å². The Balaban J connectivity index is 1.88. The molecule has 2 heterocycles. The summed E-state index contributed by atoms with van der Waals surface area (Å²) in [6, 6.07) is 6.34. The molecule has 1 N–H and O–H groups in total. The highest BCUT2D eigenvalue weighted by atomic mass is 32.2. The van der Waals surface area contributed by atoms with E-state index < -0.39 is 0 Å². The zero-order chi connectivity index (χ0) is 15.9. The fraction of sp³-hybridized carbons (Fsp3) is 0.647. The van der Waals surface area contributed by atoms with Gasteiger partial charge in [-0.1, -0.05) is 19.9 Å². The third-order valence-electron chi connectivity index (χ3n) is 4.33. The largest absolute Gasteiger partial charge is 0.351 e. The topological polar surface area (TPSA) is 45.2 Å². The number of hydrogen-bond donors (Lipinski definition) is 1. The van der Waals surface area contributed by atoms with Gasteiger partial charge in [-0.15, -0.1) is 0 Å². The molecule has 0 aliphatic carbocycles. The molecule has 0 aromatic carbocycles. The molecule has 1 aromatic rings. The van der Waals surface area contributed by atoms with Gasteiger partial charge in [-0.2, -0.15) is 11.8 Å². The Kier molecular flexibility index (Phi) is 6.70. The van der Waals surface area contributed by atoms with Crippen molar-refractivity contribution in [3.05, 3.63) is 30.1 Å². The monoisotopic (exact) mass is 321 g/mol. The zero-order valence-electron chi connectivity index (χ0n) is 13.8. The number of rotatable bonds is 7. The first kappa shape index (κ1) is 17.3. The van der Waals surface area contributed by atoms with E-state index in [1.54, 1.807) is 11.8 Å². The molecule has 22 heavy (non-hydrogen) atoms. The second-order valence-corrected chi connectivity index (χ2v) is 7.21. The maximum absolute atomic E-state index is 11.9. The lowest BCUT2D eigenvalue weighted by Crippen LogP contribution is -2.42. The standard InChI is InChI=1S/C17H27N3OS/c1-13(2)15-10-20(9-7-14-6-4-5-8-18-14)11-16(15)19-17(21)12-22-3/h4-6,8,13,15-16H,7,9-12H2,1-3H3,(H,19,21)/t15-,16+/m0/s1. The summed E-state index contributed by atoms with van der Waals surface area (Å²) < 4.78 is 0. The number of carbonyl (C=O) groups excluding carboxylic acids is 1. The average molecular weight is 321 g/mol. The summed E-state index contributed by atoms with van der Waals surface area (Å²) in [5.41, 5.74) is 1.14. The van der Waals surface area contributed by atoms with E-state index in [0.717, 1.165) is 31.7 Å². The molecule has 122 valence electrons. The fourth-order valence-corrected chi connectivity index (χ4v) is 3.47. The van der Waals surface area contributed by atoms with Crippen molar-refractivity contribution in [3.63, 3.8) is 0 Å². The first-order valence-corrected chi connectivity index (χ1v) is 9.40. The average Bonchev–Trinajstić information content (AvgIpc) is 2.89. The molecule has 1 aliphatic heterocycles. The molecule has 1 aromatic heterocycles. The van der Waals surface area contributed by atoms with E-state index in [1.807, 2.05) is 24.6 Å². The minimum absolute atomic E-state index is 0.162. The third-order valence-corrected chi connectivity index (χ3v) is 4.88. The minimum Gasteiger partial charge on any atom is -0.351 e. The number of aromatic nitrogens is 1. The van der Waals surface area contributed by atoms with Crippen LogP contribution in [-0.2, 0) is 11.2 Å². The van der Waals surface area contributed by atoms with Crippen molar-refractivity contribution in [3.8, 4) is 0 Å². The molecule has 0 bridgehead atoms. The van der Waals surface area contributed by atoms with Gasteiger partial charge in [0.1, 0.15) is 0 Å². The molecule has 0 saturated carbocycles. The number of hydrogen-bond acceptors (Lipinski definition) is 4. The lowest BCUT2D eigenvalue weighted by atomic mass is 9.91. The number of likely N-dealkylation sites (tertiary alicyclic amines) is 1. The van der Waals surface area contributed by atoms with Crippen LogP contribution in [0.4, 0.5) is 0 Å². The molecule has 1 amide bonds. The van der Waals surface area contributed by atoms with E-state index in [1.165, 1.54) is 0 Å². The quantitative estimate of drug-likeness (QED) is 0.835. The zero-order valence-corrected chi connectivity index (χ0v) is 14.6. The van der Waals surface area contributed by atoms with Crippen molar-refractivity contribution in [2.75, 3.05) is 31.6 Å². The van der Waals surface area contributed by atoms with Gasteiger partial charge >= 0.3 is 0 Å². The molecule has 2 rings (SSSR count). The summed E-state index contributed by atoms with van der Waals surface area (Å²) >= 11 is 1.58. The number of thioether (sulfide) groups is 1. The van der Waals surface area contributed by atoms with Crippen LogP contribution in [0.15, 0.2) is 24.4 Å². The molecular weight excluding hydrogens is 294 g/mol. The minimum atomic E-state index is 0.162. The summed E-state index contributed by atoms with van der Waals surface area (Å²) in [7, 11) is 0. The fourth-order valence-electron chi connectivity index (χ4n) is 3.12. The maximum Gasteiger partial charge on any atom is 0.230 e. The Hall–Kier alpha value is -1.07. The first-order valence-electron chi connectivity index (χ1n) is 8.00. The van der Waals surface area contributed by atoms with Crippen LogP contribution in [0, 0.1) is 11.8 Å². The number of nitrogens with one attached hydrogen (secondary N) is 1. The van der Waals surface area contributed by atoms with E-state index >= 15 is 0 Å².